The zero-order chi connectivity index (χ0) is 24.0. The van der Waals surface area contributed by atoms with Crippen LogP contribution in [-0.2, 0) is 24.5 Å². The summed E-state index contributed by atoms with van der Waals surface area (Å²) in [5.41, 5.74) is 2.52. The van der Waals surface area contributed by atoms with E-state index in [4.69, 9.17) is 0 Å². The summed E-state index contributed by atoms with van der Waals surface area (Å²) in [4.78, 5) is 4.11. The highest BCUT2D eigenvalue weighted by atomic mass is 32.2. The number of anilines is 3. The van der Waals surface area contributed by atoms with Crippen LogP contribution in [-0.4, -0.2) is 19.0 Å². The van der Waals surface area contributed by atoms with Gasteiger partial charge in [0.2, 0.25) is 0 Å². The Bertz CT molecular complexity index is 1420. The van der Waals surface area contributed by atoms with Crippen LogP contribution in [0.1, 0.15) is 30.4 Å². The van der Waals surface area contributed by atoms with Gasteiger partial charge in [0.25, 0.3) is 0 Å². The maximum Gasteiger partial charge on any atom is 0.176 e. The Morgan fingerprint density at radius 3 is 2.68 bits per heavy atom. The third-order valence-corrected chi connectivity index (χ3v) is 7.65. The quantitative estimate of drug-likeness (QED) is 0.342. The Hall–Kier alpha value is -3.33. The van der Waals surface area contributed by atoms with Gasteiger partial charge in [-0.2, -0.15) is 0 Å². The molecule has 9 heteroatoms. The molecule has 0 spiro atoms. The van der Waals surface area contributed by atoms with E-state index in [0.29, 0.717) is 18.4 Å². The molecule has 1 aliphatic rings. The molecule has 3 aromatic carbocycles. The topological polar surface area (TPSA) is 58.9 Å². The number of fused-ring (bicyclic) bond motifs is 1. The van der Waals surface area contributed by atoms with Crippen molar-refractivity contribution in [3.05, 3.63) is 83.4 Å². The summed E-state index contributed by atoms with van der Waals surface area (Å²) in [5.74, 6) is -1.58. The fourth-order valence-electron chi connectivity index (χ4n) is 4.12. The van der Waals surface area contributed by atoms with Gasteiger partial charge in [0, 0.05) is 13.0 Å². The number of aromatic nitrogens is 2. The maximum absolute atomic E-state index is 15.5. The predicted octanol–water partition coefficient (Wildman–Crippen LogP) is 5.93. The average molecular weight is 485 g/mol. The number of hydrogen-bond donors (Lipinski definition) is 2. The summed E-state index contributed by atoms with van der Waals surface area (Å²) < 4.78 is 61.5. The molecule has 0 saturated heterocycles. The molecule has 3 atom stereocenters. The number of benzene rings is 3. The van der Waals surface area contributed by atoms with Crippen LogP contribution in [0.4, 0.5) is 30.2 Å². The standard InChI is InChI=1S/C25H23F3N4OS/c1-3-14-7-8-19(18(27)9-14)30-24-20(12-21-25(23(24)28)29-13-32(21)2)31-34(33)22-11-17(22)15-5-4-6-16(26)10-15/h4-10,12-13,17,22,30-31H,3,11H2,1-2H3. The molecule has 1 fully saturated rings. The SMILES string of the molecule is CCc1ccc(Nc2c(NS(=O)C3CC3c3cccc(F)c3)cc3c(ncn3C)c2F)c(F)c1. The van der Waals surface area contributed by atoms with E-state index in [0.717, 1.165) is 11.1 Å². The number of nitrogens with zero attached hydrogens (tertiary/aromatic N) is 2. The van der Waals surface area contributed by atoms with Gasteiger partial charge >= 0.3 is 0 Å². The van der Waals surface area contributed by atoms with Crippen molar-refractivity contribution in [2.75, 3.05) is 10.0 Å². The largest absolute Gasteiger partial charge is 0.349 e. The van der Waals surface area contributed by atoms with E-state index in [-0.39, 0.29) is 39.6 Å². The van der Waals surface area contributed by atoms with Crippen LogP contribution in [0.2, 0.25) is 0 Å². The maximum atomic E-state index is 15.5. The van der Waals surface area contributed by atoms with Crippen molar-refractivity contribution < 1.29 is 17.4 Å². The van der Waals surface area contributed by atoms with E-state index in [2.05, 4.69) is 15.0 Å². The van der Waals surface area contributed by atoms with Gasteiger partial charge in [0.15, 0.2) is 5.82 Å². The molecule has 1 heterocycles. The highest BCUT2D eigenvalue weighted by molar-refractivity contribution is 7.87. The highest BCUT2D eigenvalue weighted by Crippen LogP contribution is 2.46. The van der Waals surface area contributed by atoms with E-state index in [9.17, 15) is 13.0 Å². The summed E-state index contributed by atoms with van der Waals surface area (Å²) in [6.45, 7) is 1.92. The fourth-order valence-corrected chi connectivity index (χ4v) is 5.49. The van der Waals surface area contributed by atoms with Crippen molar-refractivity contribution in [3.63, 3.8) is 0 Å². The van der Waals surface area contributed by atoms with Gasteiger partial charge in [-0.25, -0.2) is 22.4 Å². The first-order valence-corrected chi connectivity index (χ1v) is 12.2. The lowest BCUT2D eigenvalue weighted by atomic mass is 10.1. The lowest BCUT2D eigenvalue weighted by molar-refractivity contribution is 0.625. The molecule has 0 bridgehead atoms. The summed E-state index contributed by atoms with van der Waals surface area (Å²) in [6.07, 6.45) is 2.77. The van der Waals surface area contributed by atoms with Crippen LogP contribution in [0.3, 0.4) is 0 Å². The lowest BCUT2D eigenvalue weighted by Crippen LogP contribution is -2.13. The van der Waals surface area contributed by atoms with Crippen LogP contribution in [0.25, 0.3) is 11.0 Å². The normalized spacial score (nSPS) is 18.1. The minimum Gasteiger partial charge on any atom is -0.349 e. The molecule has 34 heavy (non-hydrogen) atoms. The van der Waals surface area contributed by atoms with E-state index in [1.54, 1.807) is 35.9 Å². The van der Waals surface area contributed by atoms with E-state index in [1.807, 2.05) is 13.0 Å². The van der Waals surface area contributed by atoms with E-state index < -0.39 is 22.6 Å². The van der Waals surface area contributed by atoms with Crippen LogP contribution in [0.5, 0.6) is 0 Å². The van der Waals surface area contributed by atoms with Crippen LogP contribution < -0.4 is 10.0 Å². The minimum atomic E-state index is -1.58. The summed E-state index contributed by atoms with van der Waals surface area (Å²) in [5, 5.41) is 2.58. The Kier molecular flexibility index (Phi) is 5.81. The van der Waals surface area contributed by atoms with Crippen molar-refractivity contribution in [2.24, 2.45) is 7.05 Å². The second-order valence-corrected chi connectivity index (χ2v) is 9.87. The van der Waals surface area contributed by atoms with Gasteiger partial charge in [-0.3, -0.25) is 0 Å². The third kappa shape index (κ3) is 4.16. The first-order chi connectivity index (χ1) is 16.4. The number of nitrogens with one attached hydrogen (secondary N) is 2. The van der Waals surface area contributed by atoms with Crippen molar-refractivity contribution in [3.8, 4) is 0 Å². The van der Waals surface area contributed by atoms with Crippen molar-refractivity contribution in [2.45, 2.75) is 30.9 Å². The summed E-state index contributed by atoms with van der Waals surface area (Å²) in [6, 6.07) is 12.6. The molecule has 1 aromatic heterocycles. The fraction of sp³-hybridized carbons (Fsp3) is 0.240. The highest BCUT2D eigenvalue weighted by Gasteiger charge is 2.43. The minimum absolute atomic E-state index is 0.0364. The molecular weight excluding hydrogens is 461 g/mol. The lowest BCUT2D eigenvalue weighted by Gasteiger charge is -2.16. The number of aryl methyl sites for hydroxylation is 2. The molecule has 0 amide bonds. The van der Waals surface area contributed by atoms with Gasteiger partial charge in [0.1, 0.15) is 33.8 Å². The molecule has 5 rings (SSSR count). The van der Waals surface area contributed by atoms with Crippen molar-refractivity contribution in [1.29, 1.82) is 0 Å². The summed E-state index contributed by atoms with van der Waals surface area (Å²) >= 11 is 0. The molecular formula is C25H23F3N4OS. The number of rotatable bonds is 7. The second-order valence-electron chi connectivity index (χ2n) is 8.46. The molecule has 1 aliphatic carbocycles. The molecule has 3 unspecified atom stereocenters. The van der Waals surface area contributed by atoms with Crippen molar-refractivity contribution in [1.82, 2.24) is 9.55 Å². The van der Waals surface area contributed by atoms with Gasteiger partial charge in [-0.1, -0.05) is 25.1 Å². The molecule has 0 radical (unpaired) electrons. The van der Waals surface area contributed by atoms with Crippen LogP contribution in [0.15, 0.2) is 54.9 Å². The Labute approximate surface area is 197 Å². The molecule has 0 aliphatic heterocycles. The Balaban J connectivity index is 1.47. The monoisotopic (exact) mass is 484 g/mol. The Morgan fingerprint density at radius 2 is 1.94 bits per heavy atom. The first-order valence-electron chi connectivity index (χ1n) is 11.0. The van der Waals surface area contributed by atoms with Crippen LogP contribution in [0, 0.1) is 17.5 Å². The van der Waals surface area contributed by atoms with E-state index in [1.165, 1.54) is 24.5 Å². The van der Waals surface area contributed by atoms with Crippen LogP contribution >= 0.6 is 0 Å². The molecule has 2 N–H and O–H groups in total. The molecule has 4 aromatic rings. The van der Waals surface area contributed by atoms with Crippen molar-refractivity contribution >= 4 is 39.1 Å². The Morgan fingerprint density at radius 1 is 1.12 bits per heavy atom. The molecule has 176 valence electrons. The second kappa shape index (κ2) is 8.79. The number of imidazole rings is 1. The van der Waals surface area contributed by atoms with Gasteiger partial charge in [-0.15, -0.1) is 0 Å². The van der Waals surface area contributed by atoms with E-state index >= 15 is 4.39 Å². The number of hydrogen-bond acceptors (Lipinski definition) is 3. The molecule has 1 saturated carbocycles. The first kappa shape index (κ1) is 22.5. The summed E-state index contributed by atoms with van der Waals surface area (Å²) in [7, 11) is 0.153. The number of halogens is 3. The molecule has 5 nitrogen and oxygen atoms in total. The van der Waals surface area contributed by atoms with Gasteiger partial charge in [-0.05, 0) is 54.3 Å². The zero-order valence-corrected chi connectivity index (χ0v) is 19.4. The van der Waals surface area contributed by atoms with Gasteiger partial charge < -0.3 is 14.6 Å². The smallest absolute Gasteiger partial charge is 0.176 e. The third-order valence-electron chi connectivity index (χ3n) is 6.16. The predicted molar refractivity (Wildman–Crippen MR) is 129 cm³/mol. The average Bonchev–Trinajstić information content (AvgIpc) is 3.54. The zero-order valence-electron chi connectivity index (χ0n) is 18.6. The van der Waals surface area contributed by atoms with Gasteiger partial charge in [0.05, 0.1) is 28.5 Å².